The van der Waals surface area contributed by atoms with Gasteiger partial charge >= 0.3 is 0 Å². The third kappa shape index (κ3) is 3.98. The Hall–Kier alpha value is -6.85. The van der Waals surface area contributed by atoms with Gasteiger partial charge in [-0.25, -0.2) is 15.0 Å². The second kappa shape index (κ2) is 10.3. The summed E-state index contributed by atoms with van der Waals surface area (Å²) in [4.78, 5) is 15.6. The van der Waals surface area contributed by atoms with Gasteiger partial charge in [-0.15, -0.1) is 0 Å². The molecule has 0 amide bonds. The molecular weight excluding hydrogens is 613 g/mol. The summed E-state index contributed by atoms with van der Waals surface area (Å²) in [6, 6.07) is 55.3. The maximum atomic E-state index is 6.42. The molecule has 0 atom stereocenters. The van der Waals surface area contributed by atoms with Gasteiger partial charge in [-0.05, 0) is 70.1 Å². The van der Waals surface area contributed by atoms with Gasteiger partial charge in [0.1, 0.15) is 11.2 Å². The van der Waals surface area contributed by atoms with Crippen LogP contribution in [-0.4, -0.2) is 19.5 Å². The number of para-hydroxylation sites is 2. The highest BCUT2D eigenvalue weighted by Gasteiger charge is 2.16. The molecule has 5 nitrogen and oxygen atoms in total. The smallest absolute Gasteiger partial charge is 0.164 e. The zero-order valence-corrected chi connectivity index (χ0v) is 26.7. The van der Waals surface area contributed by atoms with Crippen LogP contribution in [0.15, 0.2) is 162 Å². The quantitative estimate of drug-likeness (QED) is 0.189. The highest BCUT2D eigenvalue weighted by Crippen LogP contribution is 2.37. The van der Waals surface area contributed by atoms with Crippen LogP contribution < -0.4 is 0 Å². The maximum Gasteiger partial charge on any atom is 0.164 e. The Morgan fingerprint density at radius 2 is 1.04 bits per heavy atom. The molecule has 0 N–H and O–H groups in total. The first-order chi connectivity index (χ1) is 24.8. The van der Waals surface area contributed by atoms with Gasteiger partial charge in [0.05, 0.1) is 11.0 Å². The molecule has 50 heavy (non-hydrogen) atoms. The number of aromatic nitrogens is 4. The molecule has 0 aliphatic rings. The van der Waals surface area contributed by atoms with Crippen molar-refractivity contribution in [3.05, 3.63) is 158 Å². The highest BCUT2D eigenvalue weighted by atomic mass is 16.3. The fourth-order valence-corrected chi connectivity index (χ4v) is 7.73. The Balaban J connectivity index is 1.27. The molecule has 6 bridgehead atoms. The lowest BCUT2D eigenvalue weighted by atomic mass is 10.0. The van der Waals surface area contributed by atoms with Crippen LogP contribution in [0.5, 0.6) is 0 Å². The minimum atomic E-state index is 0.605. The molecule has 0 radical (unpaired) electrons. The molecule has 0 saturated heterocycles. The molecule has 4 aromatic heterocycles. The summed E-state index contributed by atoms with van der Waals surface area (Å²) in [6.07, 6.45) is 0. The van der Waals surface area contributed by atoms with Gasteiger partial charge in [0.15, 0.2) is 17.1 Å². The second-order valence-electron chi connectivity index (χ2n) is 12.8. The summed E-state index contributed by atoms with van der Waals surface area (Å²) < 4.78 is 8.74. The van der Waals surface area contributed by atoms with Crippen LogP contribution in [-0.2, 0) is 0 Å². The van der Waals surface area contributed by atoms with Gasteiger partial charge in [-0.3, -0.25) is 0 Å². The number of benzene rings is 7. The number of furan rings is 1. The van der Waals surface area contributed by atoms with Crippen LogP contribution >= 0.6 is 0 Å². The molecule has 11 rings (SSSR count). The largest absolute Gasteiger partial charge is 0.456 e. The lowest BCUT2D eigenvalue weighted by Crippen LogP contribution is -1.97. The maximum absolute atomic E-state index is 6.42. The summed E-state index contributed by atoms with van der Waals surface area (Å²) in [5.74, 6) is 0.610. The van der Waals surface area contributed by atoms with E-state index in [2.05, 4.69) is 150 Å². The number of nitrogens with zero attached hydrogens (tertiary/aromatic N) is 4. The van der Waals surface area contributed by atoms with E-state index in [1.807, 2.05) is 12.1 Å². The van der Waals surface area contributed by atoms with Gasteiger partial charge in [0, 0.05) is 43.6 Å². The van der Waals surface area contributed by atoms with Crippen molar-refractivity contribution in [2.75, 3.05) is 0 Å². The first-order valence-electron chi connectivity index (χ1n) is 16.8. The van der Waals surface area contributed by atoms with Gasteiger partial charge in [-0.2, -0.15) is 0 Å². The van der Waals surface area contributed by atoms with Gasteiger partial charge in [0.2, 0.25) is 0 Å². The monoisotopic (exact) mass is 638 g/mol. The van der Waals surface area contributed by atoms with Crippen molar-refractivity contribution in [2.24, 2.45) is 0 Å². The molecule has 11 aromatic rings. The van der Waals surface area contributed by atoms with Crippen molar-refractivity contribution < 1.29 is 4.42 Å². The number of hydrogen-bond acceptors (Lipinski definition) is 4. The Bertz CT molecular complexity index is 3170. The van der Waals surface area contributed by atoms with Gasteiger partial charge in [0.25, 0.3) is 0 Å². The Labute approximate surface area is 285 Å². The summed E-state index contributed by atoms with van der Waals surface area (Å²) in [7, 11) is 0. The predicted octanol–water partition coefficient (Wildman–Crippen LogP) is 11.7. The van der Waals surface area contributed by atoms with Crippen molar-refractivity contribution >= 4 is 87.4 Å². The third-order valence-corrected chi connectivity index (χ3v) is 9.98. The summed E-state index contributed by atoms with van der Waals surface area (Å²) in [5.41, 5.74) is 7.12. The molecule has 5 heteroatoms. The number of hydrogen-bond donors (Lipinski definition) is 0. The van der Waals surface area contributed by atoms with Gasteiger partial charge < -0.3 is 8.98 Å². The fraction of sp³-hybridized carbons (Fsp3) is 0. The van der Waals surface area contributed by atoms with E-state index in [1.165, 1.54) is 10.8 Å². The zero-order valence-electron chi connectivity index (χ0n) is 26.7. The Morgan fingerprint density at radius 3 is 1.84 bits per heavy atom. The Morgan fingerprint density at radius 1 is 0.400 bits per heavy atom. The zero-order chi connectivity index (χ0) is 32.8. The second-order valence-corrected chi connectivity index (χ2v) is 12.8. The Kier molecular flexibility index (Phi) is 5.60. The molecule has 0 aliphatic heterocycles. The van der Waals surface area contributed by atoms with E-state index in [0.29, 0.717) is 17.1 Å². The van der Waals surface area contributed by atoms with Crippen molar-refractivity contribution in [1.29, 1.82) is 0 Å². The third-order valence-electron chi connectivity index (χ3n) is 9.98. The number of fused-ring (bicyclic) bond motifs is 13. The first kappa shape index (κ1) is 27.1. The van der Waals surface area contributed by atoms with Crippen LogP contribution in [0.2, 0.25) is 0 Å². The SMILES string of the molecule is c1cc(-c2nc3nc(n2)c2cccc4oc5ccc(cc5c42)c2ccccc2c2cccc3c2)cc(-n2c3ccccc3c3ccccc32)c1. The molecule has 0 fully saturated rings. The minimum Gasteiger partial charge on any atom is -0.456 e. The standard InChI is InChI=1S/C45H26N4O/c1-2-15-33-28-22-23-40-37(26-28)42-36(18-9-21-41(42)50-40)45-47-43(29-11-7-10-27(24-29)32(33)14-1)46-44(48-45)30-12-8-13-31(25-30)49-38-19-5-3-16-34(38)35-17-4-6-20-39(35)49/h1-26H. The molecule has 7 aromatic carbocycles. The highest BCUT2D eigenvalue weighted by molar-refractivity contribution is 6.19. The molecule has 0 saturated carbocycles. The van der Waals surface area contributed by atoms with Crippen LogP contribution in [0.4, 0.5) is 0 Å². The molecule has 0 aliphatic carbocycles. The first-order valence-corrected chi connectivity index (χ1v) is 16.8. The lowest BCUT2D eigenvalue weighted by Gasteiger charge is -2.10. The average Bonchev–Trinajstić information content (AvgIpc) is 3.73. The number of rotatable bonds is 2. The molecule has 232 valence electrons. The normalized spacial score (nSPS) is 12.0. The molecule has 0 spiro atoms. The van der Waals surface area contributed by atoms with E-state index >= 15 is 0 Å². The van der Waals surface area contributed by atoms with E-state index < -0.39 is 0 Å². The van der Waals surface area contributed by atoms with Crippen LogP contribution in [0, 0.1) is 0 Å². The predicted molar refractivity (Wildman–Crippen MR) is 206 cm³/mol. The van der Waals surface area contributed by atoms with E-state index in [0.717, 1.165) is 76.5 Å². The molecular formula is C45H26N4O. The van der Waals surface area contributed by atoms with E-state index in [9.17, 15) is 0 Å². The van der Waals surface area contributed by atoms with Crippen LogP contribution in [0.25, 0.3) is 104 Å². The lowest BCUT2D eigenvalue weighted by molar-refractivity contribution is 0.669. The summed E-state index contributed by atoms with van der Waals surface area (Å²) in [6.45, 7) is 0. The fourth-order valence-electron chi connectivity index (χ4n) is 7.73. The van der Waals surface area contributed by atoms with Crippen molar-refractivity contribution in [3.8, 4) is 17.1 Å². The van der Waals surface area contributed by atoms with E-state index in [1.54, 1.807) is 0 Å². The van der Waals surface area contributed by atoms with Crippen molar-refractivity contribution in [1.82, 2.24) is 19.5 Å². The van der Waals surface area contributed by atoms with Crippen LogP contribution in [0.3, 0.4) is 0 Å². The van der Waals surface area contributed by atoms with Gasteiger partial charge in [-0.1, -0.05) is 109 Å². The molecule has 4 heterocycles. The van der Waals surface area contributed by atoms with E-state index in [-0.39, 0.29) is 0 Å². The van der Waals surface area contributed by atoms with Crippen LogP contribution in [0.1, 0.15) is 0 Å². The van der Waals surface area contributed by atoms with Crippen molar-refractivity contribution in [3.63, 3.8) is 0 Å². The summed E-state index contributed by atoms with van der Waals surface area (Å²) >= 11 is 0. The minimum absolute atomic E-state index is 0.605. The van der Waals surface area contributed by atoms with Crippen molar-refractivity contribution in [2.45, 2.75) is 0 Å². The van der Waals surface area contributed by atoms with E-state index in [4.69, 9.17) is 19.4 Å². The average molecular weight is 639 g/mol. The topological polar surface area (TPSA) is 56.7 Å². The summed E-state index contributed by atoms with van der Waals surface area (Å²) in [5, 5.41) is 10.8. The molecule has 0 unspecified atom stereocenters.